The summed E-state index contributed by atoms with van der Waals surface area (Å²) < 4.78 is 11.2. The van der Waals surface area contributed by atoms with E-state index in [1.165, 1.54) is 12.8 Å². The summed E-state index contributed by atoms with van der Waals surface area (Å²) in [6.45, 7) is 8.26. The van der Waals surface area contributed by atoms with Crippen LogP contribution in [0.25, 0.3) is 0 Å². The highest BCUT2D eigenvalue weighted by Gasteiger charge is 2.37. The van der Waals surface area contributed by atoms with Gasteiger partial charge in [-0.2, -0.15) is 0 Å². The minimum Gasteiger partial charge on any atom is -0.378 e. The van der Waals surface area contributed by atoms with Crippen molar-refractivity contribution in [3.05, 3.63) is 0 Å². The monoisotopic (exact) mass is 242 g/mol. The highest BCUT2D eigenvalue weighted by molar-refractivity contribution is 4.90. The van der Waals surface area contributed by atoms with Crippen molar-refractivity contribution in [3.8, 4) is 0 Å². The highest BCUT2D eigenvalue weighted by atomic mass is 16.5. The number of methoxy groups -OCH3 is 1. The zero-order valence-corrected chi connectivity index (χ0v) is 11.2. The van der Waals surface area contributed by atoms with E-state index in [0.717, 1.165) is 45.8 Å². The van der Waals surface area contributed by atoms with Crippen LogP contribution in [-0.4, -0.2) is 63.0 Å². The number of nitrogens with zero attached hydrogens (tertiary/aromatic N) is 1. The zero-order chi connectivity index (χ0) is 12.1. The first-order valence-corrected chi connectivity index (χ1v) is 6.86. The van der Waals surface area contributed by atoms with Gasteiger partial charge in [-0.15, -0.1) is 0 Å². The van der Waals surface area contributed by atoms with Gasteiger partial charge in [-0.3, -0.25) is 4.90 Å². The molecule has 0 aromatic rings. The number of hydrogen-bond donors (Lipinski definition) is 1. The van der Waals surface area contributed by atoms with E-state index in [2.05, 4.69) is 17.1 Å². The Labute approximate surface area is 105 Å². The molecule has 2 saturated heterocycles. The summed E-state index contributed by atoms with van der Waals surface area (Å²) >= 11 is 0. The quantitative estimate of drug-likeness (QED) is 0.775. The van der Waals surface area contributed by atoms with Crippen molar-refractivity contribution in [2.75, 3.05) is 46.5 Å². The first kappa shape index (κ1) is 13.3. The van der Waals surface area contributed by atoms with E-state index in [4.69, 9.17) is 9.47 Å². The molecule has 100 valence electrons. The van der Waals surface area contributed by atoms with Gasteiger partial charge in [-0.05, 0) is 6.42 Å². The average molecular weight is 242 g/mol. The van der Waals surface area contributed by atoms with Gasteiger partial charge in [0, 0.05) is 52.4 Å². The number of rotatable bonds is 5. The molecule has 0 saturated carbocycles. The summed E-state index contributed by atoms with van der Waals surface area (Å²) in [5.74, 6) is 0. The van der Waals surface area contributed by atoms with Crippen LogP contribution in [-0.2, 0) is 9.47 Å². The Balaban J connectivity index is 1.85. The van der Waals surface area contributed by atoms with Gasteiger partial charge in [0.05, 0.1) is 6.61 Å². The molecule has 2 fully saturated rings. The molecule has 0 aromatic carbocycles. The van der Waals surface area contributed by atoms with Crippen LogP contribution in [0, 0.1) is 0 Å². The van der Waals surface area contributed by atoms with E-state index in [-0.39, 0.29) is 5.60 Å². The third-order valence-corrected chi connectivity index (χ3v) is 3.99. The van der Waals surface area contributed by atoms with Gasteiger partial charge in [0.1, 0.15) is 5.60 Å². The smallest absolute Gasteiger partial charge is 0.106 e. The Morgan fingerprint density at radius 1 is 1.53 bits per heavy atom. The fourth-order valence-corrected chi connectivity index (χ4v) is 2.93. The molecular formula is C13H26N2O2. The fourth-order valence-electron chi connectivity index (χ4n) is 2.93. The molecular weight excluding hydrogens is 216 g/mol. The molecule has 0 radical (unpaired) electrons. The fraction of sp³-hybridized carbons (Fsp3) is 1.00. The van der Waals surface area contributed by atoms with Crippen molar-refractivity contribution in [1.82, 2.24) is 10.2 Å². The Morgan fingerprint density at radius 3 is 3.06 bits per heavy atom. The standard InChI is InChI=1S/C13H26N2O2/c1-3-4-12-9-15(7-6-14-12)10-13(16-2)5-8-17-11-13/h12,14H,3-11H2,1-2H3. The third kappa shape index (κ3) is 3.41. The van der Waals surface area contributed by atoms with Crippen molar-refractivity contribution in [1.29, 1.82) is 0 Å². The van der Waals surface area contributed by atoms with Crippen LogP contribution in [0.3, 0.4) is 0 Å². The molecule has 2 aliphatic heterocycles. The van der Waals surface area contributed by atoms with Crippen LogP contribution in [0.2, 0.25) is 0 Å². The lowest BCUT2D eigenvalue weighted by Crippen LogP contribution is -2.55. The Bertz CT molecular complexity index is 227. The SMILES string of the molecule is CCCC1CN(CC2(OC)CCOC2)CCN1. The molecule has 2 aliphatic rings. The molecule has 2 unspecified atom stereocenters. The van der Waals surface area contributed by atoms with Crippen molar-refractivity contribution >= 4 is 0 Å². The second-order valence-electron chi connectivity index (χ2n) is 5.36. The predicted octanol–water partition coefficient (Wildman–Crippen LogP) is 0.866. The largest absolute Gasteiger partial charge is 0.378 e. The van der Waals surface area contributed by atoms with E-state index in [0.29, 0.717) is 6.04 Å². The zero-order valence-electron chi connectivity index (χ0n) is 11.2. The molecule has 0 aromatic heterocycles. The molecule has 0 amide bonds. The third-order valence-electron chi connectivity index (χ3n) is 3.99. The normalized spacial score (nSPS) is 35.3. The molecule has 0 spiro atoms. The summed E-state index contributed by atoms with van der Waals surface area (Å²) in [5, 5.41) is 3.59. The van der Waals surface area contributed by atoms with E-state index >= 15 is 0 Å². The average Bonchev–Trinajstić information content (AvgIpc) is 2.79. The lowest BCUT2D eigenvalue weighted by atomic mass is 10.0. The molecule has 1 N–H and O–H groups in total. The molecule has 2 rings (SSSR count). The summed E-state index contributed by atoms with van der Waals surface area (Å²) in [4.78, 5) is 2.54. The molecule has 4 heteroatoms. The molecule has 0 bridgehead atoms. The van der Waals surface area contributed by atoms with Crippen molar-refractivity contribution in [2.24, 2.45) is 0 Å². The molecule has 17 heavy (non-hydrogen) atoms. The van der Waals surface area contributed by atoms with Crippen LogP contribution in [0.1, 0.15) is 26.2 Å². The van der Waals surface area contributed by atoms with Gasteiger partial charge in [0.25, 0.3) is 0 Å². The Morgan fingerprint density at radius 2 is 2.41 bits per heavy atom. The van der Waals surface area contributed by atoms with Crippen molar-refractivity contribution < 1.29 is 9.47 Å². The van der Waals surface area contributed by atoms with Crippen LogP contribution < -0.4 is 5.32 Å². The number of ether oxygens (including phenoxy) is 2. The van der Waals surface area contributed by atoms with E-state index < -0.39 is 0 Å². The van der Waals surface area contributed by atoms with Gasteiger partial charge in [0.15, 0.2) is 0 Å². The van der Waals surface area contributed by atoms with Crippen molar-refractivity contribution in [3.63, 3.8) is 0 Å². The van der Waals surface area contributed by atoms with E-state index in [9.17, 15) is 0 Å². The number of nitrogens with one attached hydrogen (secondary N) is 1. The minimum absolute atomic E-state index is 0.0475. The maximum absolute atomic E-state index is 5.71. The van der Waals surface area contributed by atoms with Crippen LogP contribution in [0.5, 0.6) is 0 Å². The summed E-state index contributed by atoms with van der Waals surface area (Å²) in [7, 11) is 1.82. The number of hydrogen-bond acceptors (Lipinski definition) is 4. The summed E-state index contributed by atoms with van der Waals surface area (Å²) in [6.07, 6.45) is 3.56. The first-order valence-electron chi connectivity index (χ1n) is 6.86. The van der Waals surface area contributed by atoms with Gasteiger partial charge >= 0.3 is 0 Å². The maximum atomic E-state index is 5.71. The van der Waals surface area contributed by atoms with Gasteiger partial charge in [-0.1, -0.05) is 13.3 Å². The van der Waals surface area contributed by atoms with Crippen molar-refractivity contribution in [2.45, 2.75) is 37.8 Å². The molecule has 4 nitrogen and oxygen atoms in total. The second kappa shape index (κ2) is 6.14. The predicted molar refractivity (Wildman–Crippen MR) is 68.3 cm³/mol. The van der Waals surface area contributed by atoms with E-state index in [1.54, 1.807) is 0 Å². The topological polar surface area (TPSA) is 33.7 Å². The lowest BCUT2D eigenvalue weighted by molar-refractivity contribution is -0.0450. The van der Waals surface area contributed by atoms with Crippen LogP contribution in [0.15, 0.2) is 0 Å². The van der Waals surface area contributed by atoms with Gasteiger partial charge in [0.2, 0.25) is 0 Å². The maximum Gasteiger partial charge on any atom is 0.106 e. The van der Waals surface area contributed by atoms with Gasteiger partial charge in [-0.25, -0.2) is 0 Å². The summed E-state index contributed by atoms with van der Waals surface area (Å²) in [5.41, 5.74) is -0.0475. The minimum atomic E-state index is -0.0475. The molecule has 2 atom stereocenters. The van der Waals surface area contributed by atoms with E-state index in [1.807, 2.05) is 7.11 Å². The Kier molecular flexibility index (Phi) is 4.79. The molecule has 0 aliphatic carbocycles. The first-order chi connectivity index (χ1) is 8.28. The number of piperazine rings is 1. The second-order valence-corrected chi connectivity index (χ2v) is 5.36. The summed E-state index contributed by atoms with van der Waals surface area (Å²) in [6, 6.07) is 0.657. The molecule has 2 heterocycles. The van der Waals surface area contributed by atoms with Crippen LogP contribution in [0.4, 0.5) is 0 Å². The lowest BCUT2D eigenvalue weighted by Gasteiger charge is -2.38. The van der Waals surface area contributed by atoms with Gasteiger partial charge < -0.3 is 14.8 Å². The highest BCUT2D eigenvalue weighted by Crippen LogP contribution is 2.24. The van der Waals surface area contributed by atoms with Crippen LogP contribution >= 0.6 is 0 Å². The Hall–Kier alpha value is -0.160.